The first-order chi connectivity index (χ1) is 10.8. The van der Waals surface area contributed by atoms with E-state index in [0.29, 0.717) is 0 Å². The van der Waals surface area contributed by atoms with Crippen molar-refractivity contribution in [2.45, 2.75) is 61.3 Å². The molecular weight excluding hydrogens is 318 g/mol. The molecule has 10 atom stereocenters. The summed E-state index contributed by atoms with van der Waals surface area (Å²) in [5.41, 5.74) is 0. The second kappa shape index (κ2) is 7.63. The monoisotopic (exact) mass is 341 g/mol. The van der Waals surface area contributed by atoms with Gasteiger partial charge in [-0.15, -0.1) is 0 Å². The Bertz CT molecular complexity index is 349. The molecule has 0 aromatic rings. The van der Waals surface area contributed by atoms with Gasteiger partial charge >= 0.3 is 0 Å². The van der Waals surface area contributed by atoms with Crippen molar-refractivity contribution in [2.24, 2.45) is 0 Å². The summed E-state index contributed by atoms with van der Waals surface area (Å²) >= 11 is 0. The van der Waals surface area contributed by atoms with E-state index in [-0.39, 0.29) is 0 Å². The Morgan fingerprint density at radius 2 is 0.913 bits per heavy atom. The average Bonchev–Trinajstić information content (AvgIpc) is 2.55. The van der Waals surface area contributed by atoms with E-state index in [1.54, 1.807) is 0 Å². The quantitative estimate of drug-likeness (QED) is 0.236. The fourth-order valence-corrected chi connectivity index (χ4v) is 2.64. The maximum atomic E-state index is 9.90. The minimum absolute atomic E-state index is 0.627. The maximum Gasteiger partial charge on any atom is 0.139 e. The molecule has 0 radical (unpaired) electrons. The number of aliphatic hydroxyl groups is 8. The first-order valence-corrected chi connectivity index (χ1v) is 7.18. The van der Waals surface area contributed by atoms with Crippen LogP contribution in [-0.2, 0) is 9.47 Å². The van der Waals surface area contributed by atoms with Crippen LogP contribution < -0.4 is 5.32 Å². The van der Waals surface area contributed by atoms with Crippen molar-refractivity contribution in [1.82, 2.24) is 5.32 Å². The highest BCUT2D eigenvalue weighted by Crippen LogP contribution is 2.24. The summed E-state index contributed by atoms with van der Waals surface area (Å²) in [5.74, 6) is 0. The van der Waals surface area contributed by atoms with Gasteiger partial charge < -0.3 is 50.3 Å². The van der Waals surface area contributed by atoms with Gasteiger partial charge in [-0.3, -0.25) is 5.32 Å². The van der Waals surface area contributed by atoms with E-state index in [4.69, 9.17) is 19.7 Å². The standard InChI is InChI=1S/C12H23NO10/c14-1-3-5(16)7(18)9(20)11(22-3)13-12-10(21)8(19)6(17)4(2-15)23-12/h3-21H,1-2H2/t3-,4-,5-,6-,7+,8+,9+,10+,11?,12?/m1/s1. The predicted molar refractivity (Wildman–Crippen MR) is 70.7 cm³/mol. The van der Waals surface area contributed by atoms with Crippen LogP contribution in [0.15, 0.2) is 0 Å². The van der Waals surface area contributed by atoms with Crippen molar-refractivity contribution in [3.05, 3.63) is 0 Å². The zero-order chi connectivity index (χ0) is 17.3. The molecular formula is C12H23NO10. The lowest BCUT2D eigenvalue weighted by molar-refractivity contribution is -0.274. The molecule has 0 aromatic carbocycles. The molecule has 0 aliphatic carbocycles. The van der Waals surface area contributed by atoms with Crippen molar-refractivity contribution in [1.29, 1.82) is 0 Å². The molecule has 2 saturated heterocycles. The molecule has 0 saturated carbocycles. The third-order valence-electron chi connectivity index (χ3n) is 4.11. The van der Waals surface area contributed by atoms with Crippen LogP contribution in [0.3, 0.4) is 0 Å². The molecule has 136 valence electrons. The average molecular weight is 341 g/mol. The molecule has 9 N–H and O–H groups in total. The van der Waals surface area contributed by atoms with Gasteiger partial charge in [0, 0.05) is 0 Å². The summed E-state index contributed by atoms with van der Waals surface area (Å²) in [6.45, 7) is -1.25. The molecule has 2 aliphatic heterocycles. The molecule has 0 aromatic heterocycles. The van der Waals surface area contributed by atoms with Crippen LogP contribution in [0, 0.1) is 0 Å². The van der Waals surface area contributed by atoms with E-state index in [1.807, 2.05) is 0 Å². The molecule has 2 fully saturated rings. The van der Waals surface area contributed by atoms with E-state index in [0.717, 1.165) is 0 Å². The van der Waals surface area contributed by atoms with Crippen LogP contribution in [0.25, 0.3) is 0 Å². The third-order valence-corrected chi connectivity index (χ3v) is 4.11. The summed E-state index contributed by atoms with van der Waals surface area (Å²) in [5, 5.41) is 79.2. The smallest absolute Gasteiger partial charge is 0.139 e. The fraction of sp³-hybridized carbons (Fsp3) is 1.00. The first-order valence-electron chi connectivity index (χ1n) is 7.18. The van der Waals surface area contributed by atoms with E-state index in [2.05, 4.69) is 5.32 Å². The van der Waals surface area contributed by atoms with Gasteiger partial charge in [-0.2, -0.15) is 0 Å². The molecule has 0 amide bonds. The van der Waals surface area contributed by atoms with Gasteiger partial charge in [0.05, 0.1) is 13.2 Å². The second-order valence-corrected chi connectivity index (χ2v) is 5.67. The molecule has 2 rings (SSSR count). The number of hydrogen-bond acceptors (Lipinski definition) is 11. The highest BCUT2D eigenvalue weighted by atomic mass is 16.6. The van der Waals surface area contributed by atoms with Crippen LogP contribution in [0.2, 0.25) is 0 Å². The van der Waals surface area contributed by atoms with Crippen molar-refractivity contribution in [3.8, 4) is 0 Å². The number of hydrogen-bond donors (Lipinski definition) is 9. The lowest BCUT2D eigenvalue weighted by Gasteiger charge is -2.45. The van der Waals surface area contributed by atoms with Crippen LogP contribution in [0.1, 0.15) is 0 Å². The lowest BCUT2D eigenvalue weighted by atomic mass is 9.96. The summed E-state index contributed by atoms with van der Waals surface area (Å²) in [7, 11) is 0. The van der Waals surface area contributed by atoms with Gasteiger partial charge in [0.2, 0.25) is 0 Å². The molecule has 11 heteroatoms. The van der Waals surface area contributed by atoms with E-state index in [9.17, 15) is 30.6 Å². The number of ether oxygens (including phenoxy) is 2. The Morgan fingerprint density at radius 1 is 0.565 bits per heavy atom. The highest BCUT2D eigenvalue weighted by molar-refractivity contribution is 4.95. The molecule has 0 bridgehead atoms. The Kier molecular flexibility index (Phi) is 6.27. The summed E-state index contributed by atoms with van der Waals surface area (Å²) in [6, 6.07) is 0. The van der Waals surface area contributed by atoms with Gasteiger partial charge in [0.25, 0.3) is 0 Å². The first kappa shape index (κ1) is 18.9. The molecule has 23 heavy (non-hydrogen) atoms. The zero-order valence-corrected chi connectivity index (χ0v) is 12.1. The zero-order valence-electron chi connectivity index (χ0n) is 12.1. The minimum atomic E-state index is -1.62. The molecule has 2 heterocycles. The van der Waals surface area contributed by atoms with Crippen molar-refractivity contribution < 1.29 is 50.3 Å². The van der Waals surface area contributed by atoms with E-state index >= 15 is 0 Å². The normalized spacial score (nSPS) is 51.7. The number of aliphatic hydroxyl groups excluding tert-OH is 8. The minimum Gasteiger partial charge on any atom is -0.394 e. The van der Waals surface area contributed by atoms with Crippen LogP contribution in [0.4, 0.5) is 0 Å². The fourth-order valence-electron chi connectivity index (χ4n) is 2.64. The van der Waals surface area contributed by atoms with Gasteiger partial charge in [-0.25, -0.2) is 0 Å². The Balaban J connectivity index is 2.07. The predicted octanol–water partition coefficient (Wildman–Crippen LogP) is -5.82. The number of rotatable bonds is 4. The molecule has 11 nitrogen and oxygen atoms in total. The molecule has 2 aliphatic rings. The van der Waals surface area contributed by atoms with E-state index in [1.165, 1.54) is 0 Å². The van der Waals surface area contributed by atoms with Crippen molar-refractivity contribution in [3.63, 3.8) is 0 Å². The largest absolute Gasteiger partial charge is 0.394 e. The van der Waals surface area contributed by atoms with E-state index < -0.39 is 74.5 Å². The lowest BCUT2D eigenvalue weighted by Crippen LogP contribution is -2.68. The summed E-state index contributed by atoms with van der Waals surface area (Å²) in [6.07, 6.45) is -14.5. The summed E-state index contributed by atoms with van der Waals surface area (Å²) in [4.78, 5) is 0. The highest BCUT2D eigenvalue weighted by Gasteiger charge is 2.48. The Hall–Kier alpha value is -0.440. The van der Waals surface area contributed by atoms with Gasteiger partial charge in [0.1, 0.15) is 61.3 Å². The second-order valence-electron chi connectivity index (χ2n) is 5.67. The van der Waals surface area contributed by atoms with Gasteiger partial charge in [-0.1, -0.05) is 0 Å². The summed E-state index contributed by atoms with van der Waals surface area (Å²) < 4.78 is 10.4. The molecule has 2 unspecified atom stereocenters. The Morgan fingerprint density at radius 3 is 1.22 bits per heavy atom. The van der Waals surface area contributed by atoms with Crippen LogP contribution >= 0.6 is 0 Å². The van der Waals surface area contributed by atoms with Crippen LogP contribution in [0.5, 0.6) is 0 Å². The maximum absolute atomic E-state index is 9.90. The third kappa shape index (κ3) is 3.65. The number of nitrogens with one attached hydrogen (secondary N) is 1. The molecule has 0 spiro atoms. The van der Waals surface area contributed by atoms with Gasteiger partial charge in [0.15, 0.2) is 0 Å². The van der Waals surface area contributed by atoms with Crippen molar-refractivity contribution in [2.75, 3.05) is 13.2 Å². The van der Waals surface area contributed by atoms with Crippen molar-refractivity contribution >= 4 is 0 Å². The van der Waals surface area contributed by atoms with Gasteiger partial charge in [-0.05, 0) is 0 Å². The topological polar surface area (TPSA) is 192 Å². The Labute approximate surface area is 131 Å². The van der Waals surface area contributed by atoms with Crippen LogP contribution in [-0.4, -0.2) is 115 Å². The SMILES string of the molecule is OC[C@H]1OC(NC2O[C@H](CO)[C@@H](O)[C@H](O)[C@@H]2O)[C@@H](O)[C@@H](O)[C@@H]1O.